The molecule has 1 N–H and O–H groups in total. The van der Waals surface area contributed by atoms with Crippen LogP contribution in [-0.2, 0) is 14.1 Å². The van der Waals surface area contributed by atoms with Gasteiger partial charge < -0.3 is 5.32 Å². The van der Waals surface area contributed by atoms with Gasteiger partial charge in [-0.15, -0.1) is 0 Å². The topological polar surface area (TPSA) is 61.7 Å². The van der Waals surface area contributed by atoms with E-state index in [1.165, 1.54) is 0 Å². The van der Waals surface area contributed by atoms with E-state index >= 15 is 0 Å². The molecule has 0 aromatic carbocycles. The molecule has 4 rings (SSSR count). The number of aryl methyl sites for hydroxylation is 1. The van der Waals surface area contributed by atoms with Crippen LogP contribution < -0.4 is 19.4 Å². The fourth-order valence-corrected chi connectivity index (χ4v) is 3.10. The minimum atomic E-state index is 0.0755. The van der Waals surface area contributed by atoms with Gasteiger partial charge in [0.2, 0.25) is 5.69 Å². The molecular formula is C17H19N7+2. The molecule has 1 aliphatic rings. The van der Waals surface area contributed by atoms with E-state index in [2.05, 4.69) is 66.5 Å². The molecule has 0 fully saturated rings. The molecule has 3 aromatic rings. The van der Waals surface area contributed by atoms with Crippen LogP contribution in [0.2, 0.25) is 0 Å². The highest BCUT2D eigenvalue weighted by Gasteiger charge is 2.38. The normalized spacial score (nSPS) is 16.0. The number of aromatic nitrogens is 5. The first-order valence-corrected chi connectivity index (χ1v) is 7.82. The number of pyridine rings is 1. The van der Waals surface area contributed by atoms with Gasteiger partial charge in [0.1, 0.15) is 13.2 Å². The van der Waals surface area contributed by atoms with Gasteiger partial charge in [-0.1, -0.05) is 0 Å². The van der Waals surface area contributed by atoms with E-state index < -0.39 is 0 Å². The third-order valence-corrected chi connectivity index (χ3v) is 4.31. The van der Waals surface area contributed by atoms with Crippen molar-refractivity contribution in [2.45, 2.75) is 13.1 Å². The Morgan fingerprint density at radius 1 is 1.08 bits per heavy atom. The van der Waals surface area contributed by atoms with Crippen molar-refractivity contribution < 1.29 is 9.13 Å². The summed E-state index contributed by atoms with van der Waals surface area (Å²) in [5.41, 5.74) is 2.12. The van der Waals surface area contributed by atoms with E-state index in [1.54, 1.807) is 18.6 Å². The maximum atomic E-state index is 4.50. The van der Waals surface area contributed by atoms with Crippen LogP contribution in [-0.4, -0.2) is 21.1 Å². The Morgan fingerprint density at radius 3 is 2.75 bits per heavy atom. The molecule has 24 heavy (non-hydrogen) atoms. The molecule has 0 saturated carbocycles. The summed E-state index contributed by atoms with van der Waals surface area (Å²) in [5.74, 6) is 2.69. The van der Waals surface area contributed by atoms with Gasteiger partial charge in [-0.25, -0.2) is 14.5 Å². The number of nitrogens with one attached hydrogen (secondary N) is 1. The molecule has 7 heteroatoms. The fraction of sp³-hybridized carbons (Fsp3) is 0.235. The lowest BCUT2D eigenvalue weighted by atomic mass is 10.2. The smallest absolute Gasteiger partial charge is 0.285 e. The van der Waals surface area contributed by atoms with Crippen LogP contribution in [0.1, 0.15) is 6.92 Å². The van der Waals surface area contributed by atoms with E-state index in [1.807, 2.05) is 19.4 Å². The number of hydrogen-bond donors (Lipinski definition) is 1. The van der Waals surface area contributed by atoms with Crippen molar-refractivity contribution in [1.29, 1.82) is 0 Å². The average Bonchev–Trinajstić information content (AvgIpc) is 2.92. The summed E-state index contributed by atoms with van der Waals surface area (Å²) in [6.45, 7) is 2.10. The third kappa shape index (κ3) is 2.17. The summed E-state index contributed by atoms with van der Waals surface area (Å²) in [5, 5.41) is 3.37. The molecule has 1 atom stereocenters. The van der Waals surface area contributed by atoms with Crippen molar-refractivity contribution in [3.05, 3.63) is 49.2 Å². The summed E-state index contributed by atoms with van der Waals surface area (Å²) in [6, 6.07) is 6.23. The first-order valence-electron chi connectivity index (χ1n) is 7.82. The molecule has 0 spiro atoms. The lowest BCUT2D eigenvalue weighted by molar-refractivity contribution is -0.685. The third-order valence-electron chi connectivity index (χ3n) is 4.31. The van der Waals surface area contributed by atoms with Gasteiger partial charge in [-0.3, -0.25) is 4.98 Å². The molecule has 0 radical (unpaired) electrons. The monoisotopic (exact) mass is 321 g/mol. The molecule has 0 amide bonds. The number of fused-ring (bicyclic) bond motifs is 1. The van der Waals surface area contributed by atoms with Crippen molar-refractivity contribution >= 4 is 17.5 Å². The van der Waals surface area contributed by atoms with E-state index in [0.29, 0.717) is 0 Å². The predicted molar refractivity (Wildman–Crippen MR) is 89.3 cm³/mol. The van der Waals surface area contributed by atoms with Crippen LogP contribution in [0.15, 0.2) is 49.2 Å². The standard InChI is InChI=1S/C17H18N7/c1-12-21-16-17(20-8-7-19-16)24(12)15-6-4-5-13(23(15)3)14-11-18-9-10-22(14)2/h4-12H,1-3H3/q+1/p+1/t12-/m1/s1. The summed E-state index contributed by atoms with van der Waals surface area (Å²) >= 11 is 0. The zero-order valence-electron chi connectivity index (χ0n) is 13.9. The van der Waals surface area contributed by atoms with E-state index in [4.69, 9.17) is 0 Å². The largest absolute Gasteiger partial charge is 0.327 e. The summed E-state index contributed by atoms with van der Waals surface area (Å²) in [4.78, 5) is 15.3. The second-order valence-corrected chi connectivity index (χ2v) is 5.82. The Morgan fingerprint density at radius 2 is 1.92 bits per heavy atom. The lowest BCUT2D eigenvalue weighted by Crippen LogP contribution is -2.44. The number of anilines is 3. The summed E-state index contributed by atoms with van der Waals surface area (Å²) < 4.78 is 4.21. The second-order valence-electron chi connectivity index (χ2n) is 5.82. The van der Waals surface area contributed by atoms with Crippen molar-refractivity contribution in [3.8, 4) is 11.4 Å². The number of nitrogens with zero attached hydrogens (tertiary/aromatic N) is 6. The van der Waals surface area contributed by atoms with Crippen molar-refractivity contribution in [2.75, 3.05) is 10.2 Å². The van der Waals surface area contributed by atoms with Gasteiger partial charge in [0.25, 0.3) is 17.3 Å². The maximum Gasteiger partial charge on any atom is 0.285 e. The Bertz CT molecular complexity index is 909. The molecule has 0 saturated heterocycles. The van der Waals surface area contributed by atoms with Crippen LogP contribution in [0, 0.1) is 0 Å². The summed E-state index contributed by atoms with van der Waals surface area (Å²) in [7, 11) is 4.07. The predicted octanol–water partition coefficient (Wildman–Crippen LogP) is 1.10. The molecular weight excluding hydrogens is 302 g/mol. The highest BCUT2D eigenvalue weighted by Crippen LogP contribution is 2.35. The molecule has 0 unspecified atom stereocenters. The second kappa shape index (κ2) is 5.52. The molecule has 120 valence electrons. The molecule has 1 aliphatic heterocycles. The van der Waals surface area contributed by atoms with E-state index in [-0.39, 0.29) is 6.17 Å². The zero-order valence-corrected chi connectivity index (χ0v) is 13.9. The quantitative estimate of drug-likeness (QED) is 0.716. The molecule has 0 aliphatic carbocycles. The SMILES string of the molecule is C[C@@H]1Nc2nccnc2N1c1cccc(-c2cncc[n+]2C)[n+]1C. The minimum absolute atomic E-state index is 0.0755. The first kappa shape index (κ1) is 14.5. The average molecular weight is 321 g/mol. The molecule has 7 nitrogen and oxygen atoms in total. The van der Waals surface area contributed by atoms with Gasteiger partial charge in [-0.05, 0) is 19.1 Å². The van der Waals surface area contributed by atoms with E-state index in [9.17, 15) is 0 Å². The Labute approximate surface area is 140 Å². The van der Waals surface area contributed by atoms with Crippen molar-refractivity contribution in [1.82, 2.24) is 15.0 Å². The Hall–Kier alpha value is -3.09. The van der Waals surface area contributed by atoms with Crippen LogP contribution >= 0.6 is 0 Å². The van der Waals surface area contributed by atoms with Gasteiger partial charge >= 0.3 is 0 Å². The van der Waals surface area contributed by atoms with Gasteiger partial charge in [-0.2, -0.15) is 9.47 Å². The lowest BCUT2D eigenvalue weighted by Gasteiger charge is -2.17. The van der Waals surface area contributed by atoms with Crippen LogP contribution in [0.4, 0.5) is 17.5 Å². The van der Waals surface area contributed by atoms with Crippen LogP contribution in [0.25, 0.3) is 11.4 Å². The Balaban J connectivity index is 1.87. The van der Waals surface area contributed by atoms with Gasteiger partial charge in [0, 0.05) is 18.5 Å². The van der Waals surface area contributed by atoms with Crippen molar-refractivity contribution in [2.24, 2.45) is 14.1 Å². The molecule has 4 heterocycles. The molecule has 0 bridgehead atoms. The minimum Gasteiger partial charge on any atom is -0.327 e. The van der Waals surface area contributed by atoms with Gasteiger partial charge in [0.15, 0.2) is 18.2 Å². The van der Waals surface area contributed by atoms with Crippen molar-refractivity contribution in [3.63, 3.8) is 0 Å². The summed E-state index contributed by atoms with van der Waals surface area (Å²) in [6.07, 6.45) is 9.10. The van der Waals surface area contributed by atoms with Crippen LogP contribution in [0.5, 0.6) is 0 Å². The Kier molecular flexibility index (Phi) is 3.34. The maximum absolute atomic E-state index is 4.50. The molecule has 3 aromatic heterocycles. The van der Waals surface area contributed by atoms with Crippen LogP contribution in [0.3, 0.4) is 0 Å². The highest BCUT2D eigenvalue weighted by molar-refractivity contribution is 5.74. The zero-order chi connectivity index (χ0) is 16.7. The number of rotatable bonds is 2. The first-order chi connectivity index (χ1) is 11.7. The van der Waals surface area contributed by atoms with E-state index in [0.717, 1.165) is 28.8 Å². The van der Waals surface area contributed by atoms with Gasteiger partial charge in [0.05, 0.1) is 13.2 Å². The number of hydrogen-bond acceptors (Lipinski definition) is 5. The fourth-order valence-electron chi connectivity index (χ4n) is 3.10. The highest BCUT2D eigenvalue weighted by atomic mass is 15.4.